The zero-order valence-electron chi connectivity index (χ0n) is 13.0. The van der Waals surface area contributed by atoms with Crippen LogP contribution in [-0.2, 0) is 0 Å². The van der Waals surface area contributed by atoms with E-state index in [2.05, 4.69) is 10.1 Å². The first-order valence-corrected chi connectivity index (χ1v) is 8.14. The Morgan fingerprint density at radius 2 is 1.88 bits per heavy atom. The molecule has 120 valence electrons. The van der Waals surface area contributed by atoms with Crippen LogP contribution < -0.4 is 5.01 Å². The lowest BCUT2D eigenvalue weighted by Crippen LogP contribution is -2.09. The fourth-order valence-corrected chi connectivity index (χ4v) is 2.91. The van der Waals surface area contributed by atoms with Gasteiger partial charge >= 0.3 is 5.97 Å². The Morgan fingerprint density at radius 1 is 1.17 bits per heavy atom. The molecule has 0 spiro atoms. The van der Waals surface area contributed by atoms with Gasteiger partial charge in [-0.1, -0.05) is 48.5 Å². The SMILES string of the molecule is CN(/N=C/c1ccccc1C(=O)O)c1nc(-c2ccccc2)cs1. The Bertz CT molecular complexity index is 875. The number of carboxylic acid groups (broad SMARTS) is 1. The van der Waals surface area contributed by atoms with E-state index in [-0.39, 0.29) is 5.56 Å². The number of benzene rings is 2. The fraction of sp³-hybridized carbons (Fsp3) is 0.0556. The molecule has 0 bridgehead atoms. The van der Waals surface area contributed by atoms with Crippen molar-refractivity contribution in [2.75, 3.05) is 12.1 Å². The quantitative estimate of drug-likeness (QED) is 0.565. The van der Waals surface area contributed by atoms with Crippen molar-refractivity contribution < 1.29 is 9.90 Å². The molecule has 0 aliphatic heterocycles. The molecule has 0 aliphatic carbocycles. The number of hydrogen-bond donors (Lipinski definition) is 1. The molecule has 1 aromatic heterocycles. The molecule has 24 heavy (non-hydrogen) atoms. The summed E-state index contributed by atoms with van der Waals surface area (Å²) >= 11 is 1.48. The van der Waals surface area contributed by atoms with Crippen LogP contribution in [0.2, 0.25) is 0 Å². The Balaban J connectivity index is 1.80. The normalized spacial score (nSPS) is 10.9. The van der Waals surface area contributed by atoms with Crippen LogP contribution in [0.15, 0.2) is 65.1 Å². The molecule has 3 aromatic rings. The molecular weight excluding hydrogens is 322 g/mol. The highest BCUT2D eigenvalue weighted by atomic mass is 32.1. The maximum Gasteiger partial charge on any atom is 0.336 e. The lowest BCUT2D eigenvalue weighted by Gasteiger charge is -2.08. The average molecular weight is 337 g/mol. The first-order valence-electron chi connectivity index (χ1n) is 7.26. The predicted molar refractivity (Wildman–Crippen MR) is 96.9 cm³/mol. The molecule has 1 N–H and O–H groups in total. The van der Waals surface area contributed by atoms with Crippen molar-refractivity contribution in [1.29, 1.82) is 0 Å². The van der Waals surface area contributed by atoms with Crippen LogP contribution in [0.1, 0.15) is 15.9 Å². The number of rotatable bonds is 5. The zero-order chi connectivity index (χ0) is 16.9. The van der Waals surface area contributed by atoms with Gasteiger partial charge in [-0.2, -0.15) is 5.10 Å². The van der Waals surface area contributed by atoms with Gasteiger partial charge in [-0.3, -0.25) is 0 Å². The predicted octanol–water partition coefficient (Wildman–Crippen LogP) is 3.98. The molecule has 1 heterocycles. The van der Waals surface area contributed by atoms with E-state index >= 15 is 0 Å². The summed E-state index contributed by atoms with van der Waals surface area (Å²) in [7, 11) is 1.79. The number of carboxylic acids is 1. The fourth-order valence-electron chi connectivity index (χ4n) is 2.16. The Kier molecular flexibility index (Phi) is 4.67. The van der Waals surface area contributed by atoms with E-state index in [1.165, 1.54) is 17.6 Å². The third-order valence-electron chi connectivity index (χ3n) is 3.40. The van der Waals surface area contributed by atoms with Crippen LogP contribution in [-0.4, -0.2) is 29.3 Å². The molecule has 0 aliphatic rings. The Morgan fingerprint density at radius 3 is 2.62 bits per heavy atom. The molecule has 2 aromatic carbocycles. The molecule has 6 heteroatoms. The van der Waals surface area contributed by atoms with Crippen molar-refractivity contribution >= 4 is 28.7 Å². The van der Waals surface area contributed by atoms with Crippen LogP contribution in [0.5, 0.6) is 0 Å². The molecule has 0 saturated heterocycles. The van der Waals surface area contributed by atoms with Crippen molar-refractivity contribution in [1.82, 2.24) is 4.98 Å². The summed E-state index contributed by atoms with van der Waals surface area (Å²) in [5.41, 5.74) is 2.72. The van der Waals surface area contributed by atoms with Gasteiger partial charge in [-0.15, -0.1) is 11.3 Å². The van der Waals surface area contributed by atoms with Crippen molar-refractivity contribution in [2.45, 2.75) is 0 Å². The van der Waals surface area contributed by atoms with E-state index in [0.717, 1.165) is 16.4 Å². The highest BCUT2D eigenvalue weighted by molar-refractivity contribution is 7.14. The van der Waals surface area contributed by atoms with E-state index in [0.29, 0.717) is 5.56 Å². The molecule has 0 saturated carbocycles. The van der Waals surface area contributed by atoms with Crippen LogP contribution in [0.25, 0.3) is 11.3 Å². The summed E-state index contributed by atoms with van der Waals surface area (Å²) in [5.74, 6) is -0.972. The average Bonchev–Trinajstić information content (AvgIpc) is 3.11. The minimum Gasteiger partial charge on any atom is -0.478 e. The first-order chi connectivity index (χ1) is 11.6. The standard InChI is InChI=1S/C18H15N3O2S/c1-21(19-11-14-9-5-6-10-15(14)17(22)23)18-20-16(12-24-18)13-7-3-2-4-8-13/h2-12H,1H3,(H,22,23)/b19-11+. The van der Waals surface area contributed by atoms with E-state index in [1.54, 1.807) is 36.3 Å². The van der Waals surface area contributed by atoms with Gasteiger partial charge in [0.05, 0.1) is 17.5 Å². The van der Waals surface area contributed by atoms with Gasteiger partial charge in [-0.25, -0.2) is 14.8 Å². The zero-order valence-corrected chi connectivity index (χ0v) is 13.8. The summed E-state index contributed by atoms with van der Waals surface area (Å²) in [4.78, 5) is 15.8. The smallest absolute Gasteiger partial charge is 0.336 e. The first kappa shape index (κ1) is 15.9. The number of hydrazone groups is 1. The molecule has 5 nitrogen and oxygen atoms in total. The number of aromatic carboxylic acids is 1. The summed E-state index contributed by atoms with van der Waals surface area (Å²) in [6.45, 7) is 0. The molecule has 0 radical (unpaired) electrons. The molecule has 0 amide bonds. The summed E-state index contributed by atoms with van der Waals surface area (Å²) in [6, 6.07) is 16.7. The van der Waals surface area contributed by atoms with Crippen molar-refractivity contribution in [3.05, 3.63) is 71.1 Å². The van der Waals surface area contributed by atoms with Crippen LogP contribution in [0.3, 0.4) is 0 Å². The second kappa shape index (κ2) is 7.06. The van der Waals surface area contributed by atoms with Gasteiger partial charge in [0.1, 0.15) is 0 Å². The number of hydrogen-bond acceptors (Lipinski definition) is 5. The maximum atomic E-state index is 11.2. The summed E-state index contributed by atoms with van der Waals surface area (Å²) in [5, 5.41) is 17.8. The summed E-state index contributed by atoms with van der Waals surface area (Å²) in [6.07, 6.45) is 1.53. The van der Waals surface area contributed by atoms with Gasteiger partial charge in [0.15, 0.2) is 0 Å². The van der Waals surface area contributed by atoms with Crippen molar-refractivity contribution in [2.24, 2.45) is 5.10 Å². The minimum absolute atomic E-state index is 0.221. The highest BCUT2D eigenvalue weighted by Crippen LogP contribution is 2.26. The molecule has 0 fully saturated rings. The van der Waals surface area contributed by atoms with E-state index in [1.807, 2.05) is 35.7 Å². The van der Waals surface area contributed by atoms with Crippen LogP contribution >= 0.6 is 11.3 Å². The largest absolute Gasteiger partial charge is 0.478 e. The number of thiazole rings is 1. The Labute approximate surface area is 143 Å². The topological polar surface area (TPSA) is 65.8 Å². The van der Waals surface area contributed by atoms with Gasteiger partial charge in [0.25, 0.3) is 0 Å². The number of aromatic nitrogens is 1. The van der Waals surface area contributed by atoms with Crippen LogP contribution in [0.4, 0.5) is 5.13 Å². The lowest BCUT2D eigenvalue weighted by molar-refractivity contribution is 0.0697. The third-order valence-corrected chi connectivity index (χ3v) is 4.31. The number of anilines is 1. The highest BCUT2D eigenvalue weighted by Gasteiger charge is 2.09. The van der Waals surface area contributed by atoms with Gasteiger partial charge in [0, 0.05) is 23.6 Å². The maximum absolute atomic E-state index is 11.2. The second-order valence-corrected chi connectivity index (χ2v) is 5.88. The second-order valence-electron chi connectivity index (χ2n) is 5.04. The molecule has 3 rings (SSSR count). The Hall–Kier alpha value is -2.99. The molecule has 0 unspecified atom stereocenters. The van der Waals surface area contributed by atoms with Crippen LogP contribution in [0, 0.1) is 0 Å². The van der Waals surface area contributed by atoms with Gasteiger partial charge < -0.3 is 5.11 Å². The van der Waals surface area contributed by atoms with E-state index in [4.69, 9.17) is 0 Å². The molecule has 0 atom stereocenters. The molecular formula is C18H15N3O2S. The van der Waals surface area contributed by atoms with E-state index < -0.39 is 5.97 Å². The van der Waals surface area contributed by atoms with Crippen molar-refractivity contribution in [3.8, 4) is 11.3 Å². The summed E-state index contributed by atoms with van der Waals surface area (Å²) < 4.78 is 0. The van der Waals surface area contributed by atoms with Gasteiger partial charge in [0.2, 0.25) is 5.13 Å². The van der Waals surface area contributed by atoms with Gasteiger partial charge in [-0.05, 0) is 6.07 Å². The monoisotopic (exact) mass is 337 g/mol. The van der Waals surface area contributed by atoms with Crippen molar-refractivity contribution in [3.63, 3.8) is 0 Å². The van der Waals surface area contributed by atoms with E-state index in [9.17, 15) is 9.90 Å². The minimum atomic E-state index is -0.972. The number of nitrogens with zero attached hydrogens (tertiary/aromatic N) is 3. The third kappa shape index (κ3) is 3.49. The number of carbonyl (C=O) groups is 1. The lowest BCUT2D eigenvalue weighted by atomic mass is 10.1.